The number of hydrogen-bond donors (Lipinski definition) is 2. The lowest BCUT2D eigenvalue weighted by Crippen LogP contribution is -2.46. The molecule has 7 heteroatoms. The summed E-state index contributed by atoms with van der Waals surface area (Å²) < 4.78 is 15.7. The molecule has 1 heterocycles. The van der Waals surface area contributed by atoms with E-state index in [2.05, 4.69) is 22.5 Å². The standard InChI is InChI=1S/C20H34N4O3/c1-4-21-19(24-16-20(8-5-9-20)10-11-25-2)23-15-17-6-7-18(22-14-17)27-13-12-26-3/h6-7,14H,4-5,8-13,15-16H2,1-3H3,(H2,21,23,24). The Hall–Kier alpha value is -1.86. The summed E-state index contributed by atoms with van der Waals surface area (Å²) >= 11 is 0. The minimum atomic E-state index is 0.356. The first-order valence-electron chi connectivity index (χ1n) is 9.79. The quantitative estimate of drug-likeness (QED) is 0.330. The highest BCUT2D eigenvalue weighted by Crippen LogP contribution is 2.43. The Morgan fingerprint density at radius 1 is 1.15 bits per heavy atom. The van der Waals surface area contributed by atoms with Crippen molar-refractivity contribution in [1.29, 1.82) is 0 Å². The van der Waals surface area contributed by atoms with Crippen molar-refractivity contribution in [3.05, 3.63) is 23.9 Å². The van der Waals surface area contributed by atoms with Gasteiger partial charge in [-0.2, -0.15) is 0 Å². The van der Waals surface area contributed by atoms with E-state index < -0.39 is 0 Å². The van der Waals surface area contributed by atoms with Crippen LogP contribution in [0.3, 0.4) is 0 Å². The van der Waals surface area contributed by atoms with Gasteiger partial charge in [0.15, 0.2) is 5.96 Å². The smallest absolute Gasteiger partial charge is 0.213 e. The minimum Gasteiger partial charge on any atom is -0.475 e. The highest BCUT2D eigenvalue weighted by atomic mass is 16.5. The molecule has 152 valence electrons. The molecule has 1 aromatic heterocycles. The number of methoxy groups -OCH3 is 2. The molecule has 1 aliphatic rings. The van der Waals surface area contributed by atoms with Gasteiger partial charge in [-0.15, -0.1) is 0 Å². The van der Waals surface area contributed by atoms with Crippen LogP contribution in [-0.2, 0) is 16.0 Å². The average molecular weight is 379 g/mol. The van der Waals surface area contributed by atoms with Crippen LogP contribution in [-0.4, -0.2) is 58.1 Å². The van der Waals surface area contributed by atoms with Gasteiger partial charge in [0.05, 0.1) is 13.2 Å². The van der Waals surface area contributed by atoms with Crippen LogP contribution in [0.4, 0.5) is 0 Å². The van der Waals surface area contributed by atoms with Crippen molar-refractivity contribution in [2.75, 3.05) is 47.1 Å². The molecule has 27 heavy (non-hydrogen) atoms. The molecular weight excluding hydrogens is 344 g/mol. The molecule has 1 aliphatic carbocycles. The van der Waals surface area contributed by atoms with E-state index in [1.165, 1.54) is 19.3 Å². The zero-order valence-corrected chi connectivity index (χ0v) is 16.9. The summed E-state index contributed by atoms with van der Waals surface area (Å²) in [5.41, 5.74) is 1.40. The zero-order chi connectivity index (χ0) is 19.4. The molecule has 0 amide bonds. The maximum absolute atomic E-state index is 5.49. The molecule has 7 nitrogen and oxygen atoms in total. The summed E-state index contributed by atoms with van der Waals surface area (Å²) in [5.74, 6) is 1.46. The van der Waals surface area contributed by atoms with Crippen LogP contribution in [0.25, 0.3) is 0 Å². The molecule has 1 aromatic rings. The predicted octanol–water partition coefficient (Wildman–Crippen LogP) is 2.37. The highest BCUT2D eigenvalue weighted by Gasteiger charge is 2.36. The van der Waals surface area contributed by atoms with Crippen LogP contribution in [0.2, 0.25) is 0 Å². The van der Waals surface area contributed by atoms with Crippen LogP contribution >= 0.6 is 0 Å². The molecule has 0 atom stereocenters. The van der Waals surface area contributed by atoms with Crippen LogP contribution in [0.5, 0.6) is 5.88 Å². The number of ether oxygens (including phenoxy) is 3. The summed E-state index contributed by atoms with van der Waals surface area (Å²) in [6.07, 6.45) is 6.74. The fourth-order valence-corrected chi connectivity index (χ4v) is 3.11. The first-order chi connectivity index (χ1) is 13.2. The Kier molecular flexibility index (Phi) is 9.35. The molecule has 1 fully saturated rings. The van der Waals surface area contributed by atoms with Crippen LogP contribution in [0.15, 0.2) is 23.3 Å². The van der Waals surface area contributed by atoms with E-state index in [4.69, 9.17) is 19.2 Å². The van der Waals surface area contributed by atoms with E-state index in [1.54, 1.807) is 20.4 Å². The van der Waals surface area contributed by atoms with Crippen molar-refractivity contribution in [2.24, 2.45) is 10.4 Å². The van der Waals surface area contributed by atoms with Crippen molar-refractivity contribution in [1.82, 2.24) is 15.6 Å². The Balaban J connectivity index is 1.85. The fourth-order valence-electron chi connectivity index (χ4n) is 3.11. The monoisotopic (exact) mass is 378 g/mol. The van der Waals surface area contributed by atoms with E-state index in [1.807, 2.05) is 12.1 Å². The lowest BCUT2D eigenvalue weighted by molar-refractivity contribution is 0.0732. The molecule has 0 radical (unpaired) electrons. The second kappa shape index (κ2) is 11.8. The summed E-state index contributed by atoms with van der Waals surface area (Å²) in [6.45, 7) is 6.30. The number of pyridine rings is 1. The average Bonchev–Trinajstić information content (AvgIpc) is 2.66. The number of hydrogen-bond acceptors (Lipinski definition) is 5. The number of rotatable bonds is 12. The van der Waals surface area contributed by atoms with Gasteiger partial charge < -0.3 is 24.8 Å². The van der Waals surface area contributed by atoms with Crippen LogP contribution < -0.4 is 15.4 Å². The second-order valence-corrected chi connectivity index (χ2v) is 6.99. The Bertz CT molecular complexity index is 559. The summed E-state index contributed by atoms with van der Waals surface area (Å²) in [5, 5.41) is 6.84. The highest BCUT2D eigenvalue weighted by molar-refractivity contribution is 5.79. The fraction of sp³-hybridized carbons (Fsp3) is 0.700. The Labute approximate surface area is 162 Å². The zero-order valence-electron chi connectivity index (χ0n) is 16.9. The molecule has 2 N–H and O–H groups in total. The van der Waals surface area contributed by atoms with Gasteiger partial charge in [0, 0.05) is 46.2 Å². The normalized spacial score (nSPS) is 15.9. The third-order valence-corrected chi connectivity index (χ3v) is 4.98. The molecular formula is C20H34N4O3. The molecule has 0 saturated heterocycles. The minimum absolute atomic E-state index is 0.356. The SMILES string of the molecule is CCNC(=NCc1ccc(OCCOC)nc1)NCC1(CCOC)CCC1. The van der Waals surface area contributed by atoms with Crippen molar-refractivity contribution in [3.63, 3.8) is 0 Å². The molecule has 0 spiro atoms. The van der Waals surface area contributed by atoms with E-state index >= 15 is 0 Å². The van der Waals surface area contributed by atoms with E-state index in [0.29, 0.717) is 31.1 Å². The first-order valence-corrected chi connectivity index (χ1v) is 9.79. The van der Waals surface area contributed by atoms with Crippen LogP contribution in [0, 0.1) is 5.41 Å². The van der Waals surface area contributed by atoms with Gasteiger partial charge in [0.2, 0.25) is 5.88 Å². The van der Waals surface area contributed by atoms with Crippen molar-refractivity contribution >= 4 is 5.96 Å². The molecule has 0 bridgehead atoms. The Morgan fingerprint density at radius 2 is 1.96 bits per heavy atom. The lowest BCUT2D eigenvalue weighted by atomic mass is 9.67. The number of aromatic nitrogens is 1. The molecule has 0 aliphatic heterocycles. The largest absolute Gasteiger partial charge is 0.475 e. The van der Waals surface area contributed by atoms with Gasteiger partial charge in [0.1, 0.15) is 6.61 Å². The first kappa shape index (κ1) is 21.4. The predicted molar refractivity (Wildman–Crippen MR) is 107 cm³/mol. The number of nitrogens with one attached hydrogen (secondary N) is 2. The molecule has 0 aromatic carbocycles. The summed E-state index contributed by atoms with van der Waals surface area (Å²) in [4.78, 5) is 9.01. The van der Waals surface area contributed by atoms with E-state index in [-0.39, 0.29) is 0 Å². The third kappa shape index (κ3) is 7.34. The van der Waals surface area contributed by atoms with Gasteiger partial charge in [-0.3, -0.25) is 0 Å². The van der Waals surface area contributed by atoms with Gasteiger partial charge in [-0.05, 0) is 37.2 Å². The number of nitrogens with zero attached hydrogens (tertiary/aromatic N) is 2. The molecule has 1 saturated carbocycles. The molecule has 0 unspecified atom stereocenters. The Morgan fingerprint density at radius 3 is 2.56 bits per heavy atom. The van der Waals surface area contributed by atoms with Gasteiger partial charge in [-0.25, -0.2) is 9.98 Å². The van der Waals surface area contributed by atoms with Gasteiger partial charge in [0.25, 0.3) is 0 Å². The number of guanidine groups is 1. The second-order valence-electron chi connectivity index (χ2n) is 6.99. The summed E-state index contributed by atoms with van der Waals surface area (Å²) in [6, 6.07) is 3.86. The van der Waals surface area contributed by atoms with Crippen molar-refractivity contribution < 1.29 is 14.2 Å². The maximum atomic E-state index is 5.49. The lowest BCUT2D eigenvalue weighted by Gasteiger charge is -2.42. The summed E-state index contributed by atoms with van der Waals surface area (Å²) in [7, 11) is 3.42. The van der Waals surface area contributed by atoms with Gasteiger partial charge in [-0.1, -0.05) is 12.5 Å². The number of aliphatic imine (C=N–C) groups is 1. The van der Waals surface area contributed by atoms with E-state index in [0.717, 1.165) is 37.6 Å². The third-order valence-electron chi connectivity index (χ3n) is 4.98. The van der Waals surface area contributed by atoms with E-state index in [9.17, 15) is 0 Å². The van der Waals surface area contributed by atoms with Gasteiger partial charge >= 0.3 is 0 Å². The topological polar surface area (TPSA) is 77.0 Å². The maximum Gasteiger partial charge on any atom is 0.213 e. The van der Waals surface area contributed by atoms with Crippen molar-refractivity contribution in [2.45, 2.75) is 39.2 Å². The van der Waals surface area contributed by atoms with Crippen LogP contribution in [0.1, 0.15) is 38.2 Å². The van der Waals surface area contributed by atoms with Crippen molar-refractivity contribution in [3.8, 4) is 5.88 Å². The molecule has 2 rings (SSSR count).